The van der Waals surface area contributed by atoms with Crippen molar-refractivity contribution in [3.05, 3.63) is 69.4 Å². The molecule has 0 saturated heterocycles. The second-order valence-corrected chi connectivity index (χ2v) is 6.28. The van der Waals surface area contributed by atoms with E-state index in [4.69, 9.17) is 13.6 Å². The predicted molar refractivity (Wildman–Crippen MR) is 92.2 cm³/mol. The highest BCUT2D eigenvalue weighted by atomic mass is 79.9. The molecule has 24 heavy (non-hydrogen) atoms. The van der Waals surface area contributed by atoms with Gasteiger partial charge < -0.3 is 13.6 Å². The minimum atomic E-state index is -0.422. The summed E-state index contributed by atoms with van der Waals surface area (Å²) in [6.45, 7) is 0.609. The van der Waals surface area contributed by atoms with E-state index in [0.717, 1.165) is 20.8 Å². The topological polar surface area (TPSA) is 56.5 Å². The van der Waals surface area contributed by atoms with Crippen molar-refractivity contribution >= 4 is 37.9 Å². The number of rotatable bonds is 3. The normalized spacial score (nSPS) is 11.2. The molecule has 0 atom stereocenters. The first-order valence-corrected chi connectivity index (χ1v) is 8.11. The van der Waals surface area contributed by atoms with Crippen LogP contribution >= 0.6 is 15.9 Å². The minimum Gasteiger partial charge on any atom is -0.490 e. The van der Waals surface area contributed by atoms with Crippen LogP contribution in [0.25, 0.3) is 21.9 Å². The Morgan fingerprint density at radius 1 is 1.08 bits per heavy atom. The highest BCUT2D eigenvalue weighted by Gasteiger charge is 2.21. The summed E-state index contributed by atoms with van der Waals surface area (Å²) in [7, 11) is 1.53. The molecule has 0 unspecified atom stereocenters. The lowest BCUT2D eigenvalue weighted by Crippen LogP contribution is -2.33. The highest BCUT2D eigenvalue weighted by Crippen LogP contribution is 2.38. The molecule has 0 aliphatic rings. The molecule has 6 heteroatoms. The van der Waals surface area contributed by atoms with Crippen molar-refractivity contribution in [2.75, 3.05) is 7.11 Å². The number of benzene rings is 1. The number of hydrogen-bond acceptors (Lipinski definition) is 4. The molecule has 3 heterocycles. The summed E-state index contributed by atoms with van der Waals surface area (Å²) in [6, 6.07) is 9.03. The van der Waals surface area contributed by atoms with Crippen molar-refractivity contribution in [2.24, 2.45) is 0 Å². The average molecular weight is 387 g/mol. The van der Waals surface area contributed by atoms with Gasteiger partial charge in [0, 0.05) is 39.0 Å². The number of ether oxygens (including phenoxy) is 1. The van der Waals surface area contributed by atoms with Crippen molar-refractivity contribution in [1.82, 2.24) is 0 Å². The van der Waals surface area contributed by atoms with Gasteiger partial charge in [0.15, 0.2) is 30.1 Å². The molecular weight excluding hydrogens is 374 g/mol. The van der Waals surface area contributed by atoms with Crippen LogP contribution in [0.2, 0.25) is 0 Å². The molecule has 0 bridgehead atoms. The Kier molecular flexibility index (Phi) is 3.61. The van der Waals surface area contributed by atoms with Crippen LogP contribution in [-0.4, -0.2) is 7.11 Å². The van der Waals surface area contributed by atoms with Gasteiger partial charge in [-0.1, -0.05) is 15.9 Å². The molecule has 5 nitrogen and oxygen atoms in total. The standard InChI is InChI=1S/C18H13BrNO4/c1-22-18-16-13(6-9-23-16)14(10-20-7-4-11(19)5-8-20)12-2-3-15(21)24-17(12)18/h2-9H,10H2,1H3/q+1. The number of halogens is 1. The van der Waals surface area contributed by atoms with Crippen LogP contribution in [-0.2, 0) is 6.54 Å². The maximum atomic E-state index is 11.7. The van der Waals surface area contributed by atoms with Crippen LogP contribution in [0, 0.1) is 0 Å². The average Bonchev–Trinajstić information content (AvgIpc) is 3.06. The fourth-order valence-electron chi connectivity index (χ4n) is 2.88. The Hall–Kier alpha value is -2.60. The monoisotopic (exact) mass is 386 g/mol. The molecule has 120 valence electrons. The van der Waals surface area contributed by atoms with Crippen molar-refractivity contribution in [1.29, 1.82) is 0 Å². The number of fused-ring (bicyclic) bond motifs is 2. The van der Waals surface area contributed by atoms with Crippen molar-refractivity contribution in [3.63, 3.8) is 0 Å². The first-order chi connectivity index (χ1) is 11.7. The molecule has 0 aliphatic heterocycles. The summed E-state index contributed by atoms with van der Waals surface area (Å²) in [4.78, 5) is 11.7. The smallest absolute Gasteiger partial charge is 0.336 e. The van der Waals surface area contributed by atoms with E-state index in [9.17, 15) is 4.79 Å². The predicted octanol–water partition coefficient (Wildman–Crippen LogP) is 3.65. The molecule has 0 spiro atoms. The molecule has 0 N–H and O–H groups in total. The Bertz CT molecular complexity index is 1100. The lowest BCUT2D eigenvalue weighted by atomic mass is 10.0. The van der Waals surface area contributed by atoms with Gasteiger partial charge in [0.2, 0.25) is 5.75 Å². The van der Waals surface area contributed by atoms with Crippen LogP contribution < -0.4 is 14.9 Å². The quantitative estimate of drug-likeness (QED) is 0.398. The summed E-state index contributed by atoms with van der Waals surface area (Å²) in [5, 5.41) is 1.76. The number of aromatic nitrogens is 1. The largest absolute Gasteiger partial charge is 0.490 e. The Morgan fingerprint density at radius 3 is 2.58 bits per heavy atom. The summed E-state index contributed by atoms with van der Waals surface area (Å²) >= 11 is 3.44. The van der Waals surface area contributed by atoms with E-state index in [0.29, 0.717) is 23.5 Å². The lowest BCUT2D eigenvalue weighted by molar-refractivity contribution is -0.688. The molecule has 1 aromatic carbocycles. The second-order valence-electron chi connectivity index (χ2n) is 5.36. The van der Waals surface area contributed by atoms with E-state index in [2.05, 4.69) is 15.9 Å². The summed E-state index contributed by atoms with van der Waals surface area (Å²) < 4.78 is 19.5. The van der Waals surface area contributed by atoms with Crippen LogP contribution in [0.3, 0.4) is 0 Å². The fourth-order valence-corrected chi connectivity index (χ4v) is 3.11. The molecule has 3 aromatic heterocycles. The molecule has 4 rings (SSSR count). The number of furan rings is 1. The maximum Gasteiger partial charge on any atom is 0.336 e. The third kappa shape index (κ3) is 2.39. The lowest BCUT2D eigenvalue weighted by Gasteiger charge is -2.09. The van der Waals surface area contributed by atoms with Gasteiger partial charge in [-0.3, -0.25) is 0 Å². The summed E-state index contributed by atoms with van der Waals surface area (Å²) in [6.07, 6.45) is 5.57. The second kappa shape index (κ2) is 5.79. The third-order valence-corrected chi connectivity index (χ3v) is 4.49. The van der Waals surface area contributed by atoms with E-state index < -0.39 is 5.63 Å². The van der Waals surface area contributed by atoms with E-state index in [1.807, 2.05) is 35.2 Å². The summed E-state index contributed by atoms with van der Waals surface area (Å²) in [5.74, 6) is 0.437. The fraction of sp³-hybridized carbons (Fsp3) is 0.111. The van der Waals surface area contributed by atoms with Crippen LogP contribution in [0.1, 0.15) is 5.56 Å². The van der Waals surface area contributed by atoms with E-state index in [-0.39, 0.29) is 0 Å². The van der Waals surface area contributed by atoms with Gasteiger partial charge in [-0.15, -0.1) is 0 Å². The number of pyridine rings is 1. The highest BCUT2D eigenvalue weighted by molar-refractivity contribution is 9.10. The Labute approximate surface area is 145 Å². The van der Waals surface area contributed by atoms with Crippen LogP contribution in [0.5, 0.6) is 5.75 Å². The zero-order chi connectivity index (χ0) is 16.7. The van der Waals surface area contributed by atoms with Crippen molar-refractivity contribution < 1.29 is 18.1 Å². The van der Waals surface area contributed by atoms with Crippen molar-refractivity contribution in [3.8, 4) is 5.75 Å². The SMILES string of the molecule is COc1c2occc2c(C[n+]2ccc(Br)cc2)c2ccc(=O)oc12. The number of methoxy groups -OCH3 is 1. The Morgan fingerprint density at radius 2 is 1.83 bits per heavy atom. The van der Waals surface area contributed by atoms with E-state index >= 15 is 0 Å². The van der Waals surface area contributed by atoms with Gasteiger partial charge >= 0.3 is 5.63 Å². The van der Waals surface area contributed by atoms with Crippen LogP contribution in [0.15, 0.2) is 67.1 Å². The zero-order valence-electron chi connectivity index (χ0n) is 12.8. The molecule has 0 aliphatic carbocycles. The maximum absolute atomic E-state index is 11.7. The van der Waals surface area contributed by atoms with Gasteiger partial charge in [0.25, 0.3) is 0 Å². The van der Waals surface area contributed by atoms with E-state index in [1.165, 1.54) is 13.2 Å². The molecule has 0 fully saturated rings. The van der Waals surface area contributed by atoms with Gasteiger partial charge in [0.1, 0.15) is 0 Å². The number of nitrogens with zero attached hydrogens (tertiary/aromatic N) is 1. The van der Waals surface area contributed by atoms with Gasteiger partial charge in [-0.25, -0.2) is 9.36 Å². The zero-order valence-corrected chi connectivity index (χ0v) is 14.4. The first-order valence-electron chi connectivity index (χ1n) is 7.32. The molecular formula is C18H13BrNO4+. The molecule has 0 radical (unpaired) electrons. The van der Waals surface area contributed by atoms with Crippen molar-refractivity contribution in [2.45, 2.75) is 6.54 Å². The van der Waals surface area contributed by atoms with E-state index in [1.54, 1.807) is 12.3 Å². The Balaban J connectivity index is 2.03. The first kappa shape index (κ1) is 15.0. The molecule has 0 saturated carbocycles. The van der Waals surface area contributed by atoms with Gasteiger partial charge in [0.05, 0.1) is 13.4 Å². The summed E-state index contributed by atoms with van der Waals surface area (Å²) in [5.41, 5.74) is 1.56. The van der Waals surface area contributed by atoms with Crippen LogP contribution in [0.4, 0.5) is 0 Å². The third-order valence-electron chi connectivity index (χ3n) is 3.96. The number of hydrogen-bond donors (Lipinski definition) is 0. The van der Waals surface area contributed by atoms with Gasteiger partial charge in [-0.05, 0) is 12.1 Å². The molecule has 0 amide bonds. The van der Waals surface area contributed by atoms with Gasteiger partial charge in [-0.2, -0.15) is 0 Å². The minimum absolute atomic E-state index is 0.403. The molecule has 4 aromatic rings.